The van der Waals surface area contributed by atoms with Crippen LogP contribution in [0.15, 0.2) is 122 Å². The summed E-state index contributed by atoms with van der Waals surface area (Å²) in [6, 6.07) is 0. The van der Waals surface area contributed by atoms with Crippen molar-refractivity contribution >= 4 is 17.9 Å². The van der Waals surface area contributed by atoms with Crippen molar-refractivity contribution in [2.24, 2.45) is 0 Å². The van der Waals surface area contributed by atoms with Crippen LogP contribution in [0.3, 0.4) is 0 Å². The molecule has 0 radical (unpaired) electrons. The first-order valence-electron chi connectivity index (χ1n) is 29.0. The topological polar surface area (TPSA) is 78.9 Å². The number of ether oxygens (including phenoxy) is 3. The molecule has 0 aliphatic carbocycles. The molecule has 0 saturated heterocycles. The highest BCUT2D eigenvalue weighted by atomic mass is 16.6. The van der Waals surface area contributed by atoms with Gasteiger partial charge in [0.15, 0.2) is 6.10 Å². The molecule has 71 heavy (non-hydrogen) atoms. The zero-order valence-electron chi connectivity index (χ0n) is 45.9. The molecule has 0 aromatic rings. The van der Waals surface area contributed by atoms with Crippen molar-refractivity contribution < 1.29 is 28.6 Å². The second kappa shape index (κ2) is 58.4. The van der Waals surface area contributed by atoms with Crippen LogP contribution in [-0.4, -0.2) is 37.2 Å². The maximum Gasteiger partial charge on any atom is 0.306 e. The van der Waals surface area contributed by atoms with Gasteiger partial charge in [0.2, 0.25) is 0 Å². The Kier molecular flexibility index (Phi) is 54.9. The van der Waals surface area contributed by atoms with Crippen LogP contribution in [0, 0.1) is 0 Å². The van der Waals surface area contributed by atoms with E-state index in [1.54, 1.807) is 0 Å². The predicted octanol–water partition coefficient (Wildman–Crippen LogP) is 19.6. The van der Waals surface area contributed by atoms with Gasteiger partial charge in [-0.2, -0.15) is 0 Å². The van der Waals surface area contributed by atoms with E-state index in [0.29, 0.717) is 19.3 Å². The highest BCUT2D eigenvalue weighted by Crippen LogP contribution is 2.13. The van der Waals surface area contributed by atoms with Crippen LogP contribution in [0.1, 0.15) is 252 Å². The Morgan fingerprint density at radius 2 is 0.549 bits per heavy atom. The van der Waals surface area contributed by atoms with Crippen LogP contribution in [0.25, 0.3) is 0 Å². The van der Waals surface area contributed by atoms with Crippen molar-refractivity contribution in [3.8, 4) is 0 Å². The Bertz CT molecular complexity index is 1500. The number of hydrogen-bond acceptors (Lipinski definition) is 6. The lowest BCUT2D eigenvalue weighted by Gasteiger charge is -2.18. The van der Waals surface area contributed by atoms with E-state index < -0.39 is 6.10 Å². The molecule has 0 aromatic carbocycles. The molecule has 0 unspecified atom stereocenters. The van der Waals surface area contributed by atoms with Gasteiger partial charge in [0.05, 0.1) is 0 Å². The van der Waals surface area contributed by atoms with Crippen LogP contribution < -0.4 is 0 Å². The average molecular weight is 984 g/mol. The van der Waals surface area contributed by atoms with Crippen LogP contribution in [0.2, 0.25) is 0 Å². The van der Waals surface area contributed by atoms with Gasteiger partial charge in [-0.25, -0.2) is 0 Å². The molecule has 1 atom stereocenters. The predicted molar refractivity (Wildman–Crippen MR) is 306 cm³/mol. The quantitative estimate of drug-likeness (QED) is 0.0261. The number of carbonyl (C=O) groups is 3. The van der Waals surface area contributed by atoms with Crippen molar-refractivity contribution in [2.75, 3.05) is 13.2 Å². The Hall–Kier alpha value is -4.19. The summed E-state index contributed by atoms with van der Waals surface area (Å²) in [7, 11) is 0. The molecule has 0 aliphatic rings. The van der Waals surface area contributed by atoms with Crippen molar-refractivity contribution in [1.29, 1.82) is 0 Å². The van der Waals surface area contributed by atoms with E-state index in [1.165, 1.54) is 89.9 Å². The summed E-state index contributed by atoms with van der Waals surface area (Å²) in [5.74, 6) is -0.977. The fourth-order valence-corrected chi connectivity index (χ4v) is 7.56. The first kappa shape index (κ1) is 66.8. The Morgan fingerprint density at radius 3 is 0.915 bits per heavy atom. The summed E-state index contributed by atoms with van der Waals surface area (Å²) in [6.45, 7) is 6.42. The summed E-state index contributed by atoms with van der Waals surface area (Å²) >= 11 is 0. The van der Waals surface area contributed by atoms with Gasteiger partial charge in [-0.3, -0.25) is 14.4 Å². The molecule has 402 valence electrons. The zero-order chi connectivity index (χ0) is 51.4. The van der Waals surface area contributed by atoms with Crippen molar-refractivity contribution in [3.63, 3.8) is 0 Å². The first-order chi connectivity index (χ1) is 35.0. The van der Waals surface area contributed by atoms with Gasteiger partial charge in [0.1, 0.15) is 13.2 Å². The largest absolute Gasteiger partial charge is 0.462 e. The lowest BCUT2D eigenvalue weighted by atomic mass is 10.1. The van der Waals surface area contributed by atoms with Gasteiger partial charge in [0, 0.05) is 19.3 Å². The maximum absolute atomic E-state index is 12.9. The second-order valence-corrected chi connectivity index (χ2v) is 18.8. The number of unbranched alkanes of at least 4 members (excludes halogenated alkanes) is 20. The fourth-order valence-electron chi connectivity index (χ4n) is 7.56. The lowest BCUT2D eigenvalue weighted by molar-refractivity contribution is -0.167. The third-order valence-corrected chi connectivity index (χ3v) is 11.9. The normalized spacial score (nSPS) is 13.0. The van der Waals surface area contributed by atoms with E-state index in [1.807, 2.05) is 0 Å². The van der Waals surface area contributed by atoms with Crippen molar-refractivity contribution in [1.82, 2.24) is 0 Å². The molecule has 6 heteroatoms. The monoisotopic (exact) mass is 983 g/mol. The van der Waals surface area contributed by atoms with E-state index in [-0.39, 0.29) is 37.5 Å². The minimum absolute atomic E-state index is 0.107. The maximum atomic E-state index is 12.9. The van der Waals surface area contributed by atoms with Crippen molar-refractivity contribution in [2.45, 2.75) is 258 Å². The molecule has 0 fully saturated rings. The fraction of sp³-hybridized carbons (Fsp3) is 0.646. The summed E-state index contributed by atoms with van der Waals surface area (Å²) in [5, 5.41) is 0. The van der Waals surface area contributed by atoms with Gasteiger partial charge in [-0.1, -0.05) is 219 Å². The third-order valence-electron chi connectivity index (χ3n) is 11.9. The molecule has 0 amide bonds. The number of carbonyl (C=O) groups excluding carboxylic acids is 3. The first-order valence-corrected chi connectivity index (χ1v) is 29.0. The molecule has 6 nitrogen and oxygen atoms in total. The standard InChI is InChI=1S/C65H106O6/c1-4-7-10-13-16-19-22-25-28-30-32-34-37-40-43-46-49-52-55-58-64(67)70-61-62(60-69-63(66)57-54-51-48-45-42-39-36-27-24-21-18-15-12-9-6-3)71-65(68)59-56-53-50-47-44-41-38-35-33-31-29-26-23-20-17-14-11-8-5-2/h8,11,16-17,19-21,24-26,28-29,32-35,40-41,43-44,62H,4-7,9-10,12-15,18,22-23,27,30-31,36-39,42,45-61H2,1-3H3/b11-8-,19-16-,20-17-,24-21-,28-25-,29-26-,34-32-,35-33-,43-40-,44-41-/t62-/m0/s1. The minimum atomic E-state index is -0.815. The number of rotatable bonds is 51. The summed E-state index contributed by atoms with van der Waals surface area (Å²) in [4.78, 5) is 38.2. The smallest absolute Gasteiger partial charge is 0.306 e. The van der Waals surface area contributed by atoms with Crippen molar-refractivity contribution in [3.05, 3.63) is 122 Å². The van der Waals surface area contributed by atoms with Gasteiger partial charge in [-0.15, -0.1) is 0 Å². The average Bonchev–Trinajstić information content (AvgIpc) is 3.37. The molecule has 0 heterocycles. The minimum Gasteiger partial charge on any atom is -0.462 e. The molecule has 0 bridgehead atoms. The highest BCUT2D eigenvalue weighted by molar-refractivity contribution is 5.71. The third kappa shape index (κ3) is 56.6. The van der Waals surface area contributed by atoms with Gasteiger partial charge in [0.25, 0.3) is 0 Å². The Labute approximate surface area is 437 Å². The molecular formula is C65H106O6. The number of hydrogen-bond donors (Lipinski definition) is 0. The van der Waals surface area contributed by atoms with Crippen LogP contribution in [0.4, 0.5) is 0 Å². The van der Waals surface area contributed by atoms with E-state index in [2.05, 4.69) is 142 Å². The molecule has 0 rings (SSSR count). The summed E-state index contributed by atoms with van der Waals surface area (Å²) in [5.41, 5.74) is 0. The molecular weight excluding hydrogens is 877 g/mol. The molecule has 0 aliphatic heterocycles. The Morgan fingerprint density at radius 1 is 0.296 bits per heavy atom. The number of esters is 3. The summed E-state index contributed by atoms with van der Waals surface area (Å²) < 4.78 is 16.8. The van der Waals surface area contributed by atoms with Crippen LogP contribution >= 0.6 is 0 Å². The van der Waals surface area contributed by atoms with Gasteiger partial charge < -0.3 is 14.2 Å². The number of allylic oxidation sites excluding steroid dienone is 20. The van der Waals surface area contributed by atoms with Crippen LogP contribution in [-0.2, 0) is 28.6 Å². The van der Waals surface area contributed by atoms with E-state index in [0.717, 1.165) is 116 Å². The lowest BCUT2D eigenvalue weighted by Crippen LogP contribution is -2.30. The molecule has 0 N–H and O–H groups in total. The van der Waals surface area contributed by atoms with E-state index in [4.69, 9.17) is 14.2 Å². The van der Waals surface area contributed by atoms with E-state index in [9.17, 15) is 14.4 Å². The van der Waals surface area contributed by atoms with Gasteiger partial charge in [-0.05, 0) is 135 Å². The van der Waals surface area contributed by atoms with E-state index >= 15 is 0 Å². The van der Waals surface area contributed by atoms with Crippen LogP contribution in [0.5, 0.6) is 0 Å². The molecule has 0 saturated carbocycles. The molecule has 0 aromatic heterocycles. The molecule has 0 spiro atoms. The van der Waals surface area contributed by atoms with Gasteiger partial charge >= 0.3 is 17.9 Å². The summed E-state index contributed by atoms with van der Waals surface area (Å²) in [6.07, 6.45) is 80.4. The SMILES string of the molecule is CC/C=C\C/C=C\C/C=C\C/C=C\C/C=C\CCCCCC(=O)O[C@H](COC(=O)CCCCC/C=C\C/C=C\C/C=C\C/C=C\CCCCC)COC(=O)CCCCCCCCC/C=C\CCCCCC. The zero-order valence-corrected chi connectivity index (χ0v) is 45.9. The second-order valence-electron chi connectivity index (χ2n) is 18.8. The Balaban J connectivity index is 4.54. The highest BCUT2D eigenvalue weighted by Gasteiger charge is 2.19.